The van der Waals surface area contributed by atoms with Crippen molar-refractivity contribution in [2.75, 3.05) is 5.32 Å². The van der Waals surface area contributed by atoms with Crippen LogP contribution in [0.2, 0.25) is 0 Å². The summed E-state index contributed by atoms with van der Waals surface area (Å²) in [5.41, 5.74) is -0.0859. The number of anilines is 1. The zero-order chi connectivity index (χ0) is 14.8. The van der Waals surface area contributed by atoms with Gasteiger partial charge < -0.3 is 10.6 Å². The average Bonchev–Trinajstić information content (AvgIpc) is 3.19. The van der Waals surface area contributed by atoms with Crippen LogP contribution in [0.1, 0.15) is 25.3 Å². The van der Waals surface area contributed by atoms with E-state index in [0.717, 1.165) is 24.5 Å². The van der Waals surface area contributed by atoms with Crippen molar-refractivity contribution in [1.29, 1.82) is 0 Å². The minimum atomic E-state index is -4.50. The Morgan fingerprint density at radius 3 is 2.55 bits per heavy atom. The molecular weight excluding hydrogens is 269 g/mol. The van der Waals surface area contributed by atoms with Gasteiger partial charge in [0, 0.05) is 6.20 Å². The van der Waals surface area contributed by atoms with E-state index in [0.29, 0.717) is 5.92 Å². The molecule has 0 aromatic heterocycles. The summed E-state index contributed by atoms with van der Waals surface area (Å²) in [5.74, 6) is 0.498. The Balaban J connectivity index is 2.02. The second-order valence-corrected chi connectivity index (χ2v) is 4.80. The highest BCUT2D eigenvalue weighted by atomic mass is 19.4. The lowest BCUT2D eigenvalue weighted by molar-refractivity contribution is -0.136. The third-order valence-corrected chi connectivity index (χ3v) is 3.13. The fraction of sp³-hybridized carbons (Fsp3) is 0.357. The van der Waals surface area contributed by atoms with Crippen LogP contribution in [0.25, 0.3) is 0 Å². The molecule has 1 aromatic carbocycles. The van der Waals surface area contributed by atoms with E-state index in [1.165, 1.54) is 18.2 Å². The van der Waals surface area contributed by atoms with Crippen LogP contribution in [0.5, 0.6) is 0 Å². The molecule has 1 aliphatic rings. The van der Waals surface area contributed by atoms with Gasteiger partial charge in [-0.3, -0.25) is 0 Å². The van der Waals surface area contributed by atoms with Crippen LogP contribution in [0.3, 0.4) is 0 Å². The van der Waals surface area contributed by atoms with E-state index in [1.807, 2.05) is 6.92 Å². The monoisotopic (exact) mass is 284 g/mol. The molecule has 0 atom stereocenters. The Kier molecular flexibility index (Phi) is 4.01. The summed E-state index contributed by atoms with van der Waals surface area (Å²) in [6, 6.07) is 4.20. The summed E-state index contributed by atoms with van der Waals surface area (Å²) in [6.07, 6.45) is -0.752. The van der Waals surface area contributed by atoms with Gasteiger partial charge in [-0.15, -0.1) is 0 Å². The van der Waals surface area contributed by atoms with Crippen LogP contribution in [0.4, 0.5) is 23.7 Å². The SMILES string of the molecule is C/C(=C\NC(=O)Nc1ccccc1C(F)(F)F)C1CC1. The number of alkyl halides is 3. The number of carbonyl (C=O) groups is 1. The van der Waals surface area contributed by atoms with E-state index < -0.39 is 17.8 Å². The van der Waals surface area contributed by atoms with Crippen LogP contribution in [-0.4, -0.2) is 6.03 Å². The summed E-state index contributed by atoms with van der Waals surface area (Å²) >= 11 is 0. The van der Waals surface area contributed by atoms with Gasteiger partial charge in [0.2, 0.25) is 0 Å². The Morgan fingerprint density at radius 1 is 1.30 bits per heavy atom. The maximum absolute atomic E-state index is 12.7. The van der Waals surface area contributed by atoms with E-state index >= 15 is 0 Å². The van der Waals surface area contributed by atoms with E-state index in [9.17, 15) is 18.0 Å². The molecule has 108 valence electrons. The van der Waals surface area contributed by atoms with Crippen molar-refractivity contribution in [1.82, 2.24) is 5.32 Å². The standard InChI is InChI=1S/C14H15F3N2O/c1-9(10-6-7-10)8-18-13(20)19-12-5-3-2-4-11(12)14(15,16)17/h2-5,8,10H,6-7H2,1H3,(H2,18,19,20)/b9-8+. The van der Waals surface area contributed by atoms with Gasteiger partial charge >= 0.3 is 12.2 Å². The molecular formula is C14H15F3N2O. The molecule has 0 bridgehead atoms. The van der Waals surface area contributed by atoms with Crippen molar-refractivity contribution in [2.45, 2.75) is 25.9 Å². The van der Waals surface area contributed by atoms with Crippen LogP contribution in [0, 0.1) is 5.92 Å². The smallest absolute Gasteiger partial charge is 0.314 e. The Labute approximate surface area is 114 Å². The van der Waals surface area contributed by atoms with Crippen molar-refractivity contribution in [3.05, 3.63) is 41.6 Å². The summed E-state index contributed by atoms with van der Waals surface area (Å²) < 4.78 is 38.2. The fourth-order valence-electron chi connectivity index (χ4n) is 1.83. The molecule has 3 nitrogen and oxygen atoms in total. The van der Waals surface area contributed by atoms with Gasteiger partial charge in [0.15, 0.2) is 0 Å². The highest BCUT2D eigenvalue weighted by molar-refractivity contribution is 5.90. The molecule has 2 amide bonds. The van der Waals surface area contributed by atoms with Gasteiger partial charge in [-0.1, -0.05) is 17.7 Å². The summed E-state index contributed by atoms with van der Waals surface area (Å²) in [6.45, 7) is 1.89. The molecule has 0 spiro atoms. The first-order chi connectivity index (χ1) is 9.38. The number of nitrogens with one attached hydrogen (secondary N) is 2. The number of urea groups is 1. The molecule has 0 aliphatic heterocycles. The fourth-order valence-corrected chi connectivity index (χ4v) is 1.83. The van der Waals surface area contributed by atoms with Crippen molar-refractivity contribution in [2.24, 2.45) is 5.92 Å². The maximum atomic E-state index is 12.7. The van der Waals surface area contributed by atoms with Crippen molar-refractivity contribution in [3.63, 3.8) is 0 Å². The molecule has 1 aromatic rings. The lowest BCUT2D eigenvalue weighted by Crippen LogP contribution is -2.25. The second kappa shape index (κ2) is 5.56. The highest BCUT2D eigenvalue weighted by Crippen LogP contribution is 2.36. The normalized spacial score (nSPS) is 15.9. The number of carbonyl (C=O) groups excluding carboxylic acids is 1. The highest BCUT2D eigenvalue weighted by Gasteiger charge is 2.33. The third kappa shape index (κ3) is 3.76. The third-order valence-electron chi connectivity index (χ3n) is 3.13. The first kappa shape index (κ1) is 14.4. The predicted molar refractivity (Wildman–Crippen MR) is 70.1 cm³/mol. The molecule has 1 saturated carbocycles. The van der Waals surface area contributed by atoms with Crippen LogP contribution in [-0.2, 0) is 6.18 Å². The maximum Gasteiger partial charge on any atom is 0.418 e. The van der Waals surface area contributed by atoms with Crippen LogP contribution in [0.15, 0.2) is 36.0 Å². The summed E-state index contributed by atoms with van der Waals surface area (Å²) in [5, 5.41) is 4.67. The second-order valence-electron chi connectivity index (χ2n) is 4.80. The molecule has 1 aliphatic carbocycles. The molecule has 0 unspecified atom stereocenters. The molecule has 0 heterocycles. The Morgan fingerprint density at radius 2 is 1.95 bits per heavy atom. The van der Waals surface area contributed by atoms with E-state index in [1.54, 1.807) is 6.20 Å². The van der Waals surface area contributed by atoms with E-state index in [2.05, 4.69) is 10.6 Å². The lowest BCUT2D eigenvalue weighted by Gasteiger charge is -2.13. The Hall–Kier alpha value is -1.98. The minimum Gasteiger partial charge on any atom is -0.314 e. The van der Waals surface area contributed by atoms with E-state index in [4.69, 9.17) is 0 Å². The number of benzene rings is 1. The van der Waals surface area contributed by atoms with Gasteiger partial charge in [0.25, 0.3) is 0 Å². The topological polar surface area (TPSA) is 41.1 Å². The van der Waals surface area contributed by atoms with Gasteiger partial charge in [0.1, 0.15) is 0 Å². The zero-order valence-electron chi connectivity index (χ0n) is 10.9. The number of rotatable bonds is 3. The number of hydrogen-bond donors (Lipinski definition) is 2. The lowest BCUT2D eigenvalue weighted by atomic mass is 10.1. The largest absolute Gasteiger partial charge is 0.418 e. The van der Waals surface area contributed by atoms with Gasteiger partial charge in [-0.2, -0.15) is 13.2 Å². The van der Waals surface area contributed by atoms with Crippen molar-refractivity contribution in [3.8, 4) is 0 Å². The number of hydrogen-bond acceptors (Lipinski definition) is 1. The quantitative estimate of drug-likeness (QED) is 0.860. The molecule has 6 heteroatoms. The van der Waals surface area contributed by atoms with Crippen molar-refractivity contribution < 1.29 is 18.0 Å². The Bertz CT molecular complexity index is 533. The van der Waals surface area contributed by atoms with Gasteiger partial charge in [0.05, 0.1) is 11.3 Å². The van der Waals surface area contributed by atoms with Crippen LogP contribution < -0.4 is 10.6 Å². The molecule has 0 radical (unpaired) electrons. The summed E-state index contributed by atoms with van der Waals surface area (Å²) in [4.78, 5) is 11.6. The molecule has 20 heavy (non-hydrogen) atoms. The van der Waals surface area contributed by atoms with Gasteiger partial charge in [-0.25, -0.2) is 4.79 Å². The summed E-state index contributed by atoms with van der Waals surface area (Å²) in [7, 11) is 0. The molecule has 2 rings (SSSR count). The molecule has 2 N–H and O–H groups in total. The zero-order valence-corrected chi connectivity index (χ0v) is 10.9. The van der Waals surface area contributed by atoms with Crippen molar-refractivity contribution >= 4 is 11.7 Å². The molecule has 1 fully saturated rings. The average molecular weight is 284 g/mol. The number of amides is 2. The number of para-hydroxylation sites is 1. The van der Waals surface area contributed by atoms with Crippen LogP contribution >= 0.6 is 0 Å². The predicted octanol–water partition coefficient (Wildman–Crippen LogP) is 4.14. The number of halogens is 3. The van der Waals surface area contributed by atoms with Gasteiger partial charge in [-0.05, 0) is 37.8 Å². The first-order valence-corrected chi connectivity index (χ1v) is 6.28. The minimum absolute atomic E-state index is 0.255. The molecule has 0 saturated heterocycles. The first-order valence-electron chi connectivity index (χ1n) is 6.28. The van der Waals surface area contributed by atoms with E-state index in [-0.39, 0.29) is 5.69 Å². The number of allylic oxidation sites excluding steroid dienone is 1.